The summed E-state index contributed by atoms with van der Waals surface area (Å²) in [6.07, 6.45) is 1.69. The SMILES string of the molecule is CS.Cc1ccc(-c2ccc(C#N)cc2)cc1. The van der Waals surface area contributed by atoms with Gasteiger partial charge in [-0.25, -0.2) is 0 Å². The van der Waals surface area contributed by atoms with Crippen LogP contribution in [-0.2, 0) is 0 Å². The van der Waals surface area contributed by atoms with Gasteiger partial charge in [0.2, 0.25) is 0 Å². The van der Waals surface area contributed by atoms with Crippen molar-refractivity contribution in [2.24, 2.45) is 0 Å². The summed E-state index contributed by atoms with van der Waals surface area (Å²) in [5, 5.41) is 8.69. The second kappa shape index (κ2) is 6.78. The highest BCUT2D eigenvalue weighted by atomic mass is 32.1. The van der Waals surface area contributed by atoms with Crippen LogP contribution in [0.1, 0.15) is 11.1 Å². The minimum absolute atomic E-state index is 0.700. The van der Waals surface area contributed by atoms with E-state index in [4.69, 9.17) is 5.26 Å². The van der Waals surface area contributed by atoms with Crippen molar-refractivity contribution in [3.05, 3.63) is 59.7 Å². The van der Waals surface area contributed by atoms with Gasteiger partial charge >= 0.3 is 0 Å². The number of nitrogens with zero attached hydrogens (tertiary/aromatic N) is 1. The maximum absolute atomic E-state index is 8.69. The normalized spacial score (nSPS) is 8.82. The molecule has 0 bridgehead atoms. The molecule has 0 atom stereocenters. The number of aryl methyl sites for hydroxylation is 1. The molecular formula is C15H15NS. The predicted octanol–water partition coefficient (Wildman–Crippen LogP) is 4.08. The zero-order chi connectivity index (χ0) is 12.7. The van der Waals surface area contributed by atoms with Crippen LogP contribution in [0.5, 0.6) is 0 Å². The highest BCUT2D eigenvalue weighted by Crippen LogP contribution is 2.19. The maximum Gasteiger partial charge on any atom is 0.0991 e. The van der Waals surface area contributed by atoms with Crippen LogP contribution >= 0.6 is 12.6 Å². The molecule has 0 aromatic heterocycles. The zero-order valence-electron chi connectivity index (χ0n) is 10.0. The summed E-state index contributed by atoms with van der Waals surface area (Å²) in [5.74, 6) is 0. The van der Waals surface area contributed by atoms with Gasteiger partial charge in [0.05, 0.1) is 11.6 Å². The topological polar surface area (TPSA) is 23.8 Å². The first-order valence-corrected chi connectivity index (χ1v) is 6.21. The average molecular weight is 241 g/mol. The first kappa shape index (κ1) is 13.3. The fourth-order valence-corrected chi connectivity index (χ4v) is 1.48. The Morgan fingerprint density at radius 1 is 0.824 bits per heavy atom. The minimum Gasteiger partial charge on any atom is -0.192 e. The molecule has 0 unspecified atom stereocenters. The lowest BCUT2D eigenvalue weighted by Gasteiger charge is -2.01. The van der Waals surface area contributed by atoms with Gasteiger partial charge < -0.3 is 0 Å². The summed E-state index contributed by atoms with van der Waals surface area (Å²) < 4.78 is 0. The van der Waals surface area contributed by atoms with Gasteiger partial charge in [-0.2, -0.15) is 17.9 Å². The van der Waals surface area contributed by atoms with E-state index in [0.717, 1.165) is 5.56 Å². The molecule has 2 rings (SSSR count). The minimum atomic E-state index is 0.700. The second-order valence-corrected chi connectivity index (χ2v) is 3.56. The first-order valence-electron chi connectivity index (χ1n) is 5.31. The predicted molar refractivity (Wildman–Crippen MR) is 76.2 cm³/mol. The number of hydrogen-bond acceptors (Lipinski definition) is 2. The summed E-state index contributed by atoms with van der Waals surface area (Å²) >= 11 is 3.53. The largest absolute Gasteiger partial charge is 0.192 e. The Balaban J connectivity index is 0.000000686. The summed E-state index contributed by atoms with van der Waals surface area (Å²) in [6.45, 7) is 2.07. The van der Waals surface area contributed by atoms with Crippen molar-refractivity contribution in [2.75, 3.05) is 6.26 Å². The van der Waals surface area contributed by atoms with E-state index in [-0.39, 0.29) is 0 Å². The van der Waals surface area contributed by atoms with Crippen LogP contribution in [0.3, 0.4) is 0 Å². The second-order valence-electron chi connectivity index (χ2n) is 3.56. The zero-order valence-corrected chi connectivity index (χ0v) is 10.9. The maximum atomic E-state index is 8.69. The van der Waals surface area contributed by atoms with E-state index in [0.29, 0.717) is 5.56 Å². The number of nitriles is 1. The van der Waals surface area contributed by atoms with E-state index in [1.807, 2.05) is 24.3 Å². The molecule has 0 amide bonds. The van der Waals surface area contributed by atoms with Crippen molar-refractivity contribution in [1.29, 1.82) is 5.26 Å². The molecule has 0 N–H and O–H groups in total. The van der Waals surface area contributed by atoms with Crippen LogP contribution in [0.25, 0.3) is 11.1 Å². The molecule has 86 valence electrons. The number of hydrogen-bond donors (Lipinski definition) is 1. The molecule has 0 heterocycles. The van der Waals surface area contributed by atoms with E-state index in [1.54, 1.807) is 6.26 Å². The smallest absolute Gasteiger partial charge is 0.0991 e. The van der Waals surface area contributed by atoms with Crippen LogP contribution in [0.2, 0.25) is 0 Å². The molecule has 0 saturated carbocycles. The van der Waals surface area contributed by atoms with Crippen molar-refractivity contribution in [2.45, 2.75) is 6.92 Å². The van der Waals surface area contributed by atoms with Crippen LogP contribution in [0.15, 0.2) is 48.5 Å². The molecule has 0 aliphatic heterocycles. The fourth-order valence-electron chi connectivity index (χ4n) is 1.48. The van der Waals surface area contributed by atoms with Gasteiger partial charge in [-0.05, 0) is 36.4 Å². The molecule has 2 heteroatoms. The van der Waals surface area contributed by atoms with Crippen molar-refractivity contribution in [3.63, 3.8) is 0 Å². The Morgan fingerprint density at radius 3 is 1.65 bits per heavy atom. The number of benzene rings is 2. The molecule has 1 nitrogen and oxygen atoms in total. The van der Waals surface area contributed by atoms with Crippen LogP contribution in [0, 0.1) is 18.3 Å². The monoisotopic (exact) mass is 241 g/mol. The lowest BCUT2D eigenvalue weighted by molar-refractivity contribution is 1.46. The molecule has 0 radical (unpaired) electrons. The van der Waals surface area contributed by atoms with Crippen molar-refractivity contribution < 1.29 is 0 Å². The van der Waals surface area contributed by atoms with E-state index in [9.17, 15) is 0 Å². The summed E-state index contributed by atoms with van der Waals surface area (Å²) in [7, 11) is 0. The Labute approximate surface area is 108 Å². The molecule has 17 heavy (non-hydrogen) atoms. The van der Waals surface area contributed by atoms with Crippen LogP contribution in [-0.4, -0.2) is 6.26 Å². The van der Waals surface area contributed by atoms with E-state index >= 15 is 0 Å². The van der Waals surface area contributed by atoms with Crippen molar-refractivity contribution >= 4 is 12.6 Å². The van der Waals surface area contributed by atoms with E-state index < -0.39 is 0 Å². The molecule has 0 aliphatic rings. The third kappa shape index (κ3) is 3.65. The lowest BCUT2D eigenvalue weighted by Crippen LogP contribution is -1.79. The molecular weight excluding hydrogens is 226 g/mol. The standard InChI is InChI=1S/C14H11N.CH4S/c1-11-2-6-13(7-3-11)14-8-4-12(10-15)5-9-14;1-2/h2-9H,1H3;2H,1H3. The van der Waals surface area contributed by atoms with Gasteiger partial charge in [0.1, 0.15) is 0 Å². The van der Waals surface area contributed by atoms with Gasteiger partial charge in [-0.1, -0.05) is 42.0 Å². The van der Waals surface area contributed by atoms with E-state index in [1.165, 1.54) is 11.1 Å². The van der Waals surface area contributed by atoms with Gasteiger partial charge in [0.25, 0.3) is 0 Å². The van der Waals surface area contributed by atoms with Gasteiger partial charge in [-0.3, -0.25) is 0 Å². The Morgan fingerprint density at radius 2 is 1.24 bits per heavy atom. The molecule has 0 saturated heterocycles. The van der Waals surface area contributed by atoms with Gasteiger partial charge in [-0.15, -0.1) is 0 Å². The van der Waals surface area contributed by atoms with Crippen molar-refractivity contribution in [3.8, 4) is 17.2 Å². The Bertz CT molecular complexity index is 492. The molecule has 0 spiro atoms. The fraction of sp³-hybridized carbons (Fsp3) is 0.133. The van der Waals surface area contributed by atoms with Crippen LogP contribution in [0.4, 0.5) is 0 Å². The summed E-state index contributed by atoms with van der Waals surface area (Å²) in [6, 6.07) is 18.1. The van der Waals surface area contributed by atoms with Crippen LogP contribution < -0.4 is 0 Å². The summed E-state index contributed by atoms with van der Waals surface area (Å²) in [5.41, 5.74) is 4.29. The Hall–Kier alpha value is -1.72. The molecule has 0 fully saturated rings. The molecule has 0 aliphatic carbocycles. The average Bonchev–Trinajstić information content (AvgIpc) is 2.42. The third-order valence-corrected chi connectivity index (χ3v) is 2.40. The third-order valence-electron chi connectivity index (χ3n) is 2.40. The quantitative estimate of drug-likeness (QED) is 0.747. The van der Waals surface area contributed by atoms with Crippen molar-refractivity contribution in [1.82, 2.24) is 0 Å². The number of thiol groups is 1. The summed E-state index contributed by atoms with van der Waals surface area (Å²) in [4.78, 5) is 0. The number of rotatable bonds is 1. The molecule has 2 aromatic carbocycles. The van der Waals surface area contributed by atoms with Gasteiger partial charge in [0, 0.05) is 0 Å². The highest BCUT2D eigenvalue weighted by molar-refractivity contribution is 7.79. The lowest BCUT2D eigenvalue weighted by atomic mass is 10.0. The first-order chi connectivity index (χ1) is 8.29. The van der Waals surface area contributed by atoms with E-state index in [2.05, 4.69) is 49.9 Å². The highest BCUT2D eigenvalue weighted by Gasteiger charge is 1.96. The van der Waals surface area contributed by atoms with Gasteiger partial charge in [0.15, 0.2) is 0 Å². The molecule has 2 aromatic rings. The Kier molecular flexibility index (Phi) is 5.32.